The van der Waals surface area contributed by atoms with Crippen LogP contribution in [0.1, 0.15) is 32.3 Å². The third kappa shape index (κ3) is 7.18. The highest BCUT2D eigenvalue weighted by molar-refractivity contribution is 9.10. The molecule has 8 heteroatoms. The van der Waals surface area contributed by atoms with Crippen molar-refractivity contribution in [3.8, 4) is 5.75 Å². The number of rotatable bonds is 10. The van der Waals surface area contributed by atoms with Crippen molar-refractivity contribution in [2.45, 2.75) is 39.3 Å². The zero-order valence-electron chi connectivity index (χ0n) is 17.0. The first-order valence-corrected chi connectivity index (χ1v) is 11.3. The van der Waals surface area contributed by atoms with Crippen molar-refractivity contribution in [2.75, 3.05) is 13.2 Å². The second-order valence-corrected chi connectivity index (χ2v) is 8.47. The molecule has 0 aromatic heterocycles. The second kappa shape index (κ2) is 12.2. The molecule has 0 aliphatic carbocycles. The highest BCUT2D eigenvalue weighted by atomic mass is 79.9. The smallest absolute Gasteiger partial charge is 0.261 e. The van der Waals surface area contributed by atoms with Gasteiger partial charge in [-0.05, 0) is 54.8 Å². The number of carbonyl (C=O) groups is 2. The Kier molecular flexibility index (Phi) is 9.95. The van der Waals surface area contributed by atoms with Crippen LogP contribution in [-0.4, -0.2) is 35.9 Å². The Bertz CT molecular complexity index is 862. The quantitative estimate of drug-likeness (QED) is 0.456. The van der Waals surface area contributed by atoms with E-state index in [0.29, 0.717) is 34.3 Å². The van der Waals surface area contributed by atoms with Crippen LogP contribution < -0.4 is 10.1 Å². The number of amides is 2. The van der Waals surface area contributed by atoms with Crippen molar-refractivity contribution >= 4 is 50.9 Å². The third-order valence-corrected chi connectivity index (χ3v) is 5.58. The molecule has 5 nitrogen and oxygen atoms in total. The Labute approximate surface area is 195 Å². The molecule has 2 aromatic carbocycles. The second-order valence-electron chi connectivity index (χ2n) is 6.72. The van der Waals surface area contributed by atoms with E-state index >= 15 is 0 Å². The zero-order chi connectivity index (χ0) is 22.1. The van der Waals surface area contributed by atoms with Crippen LogP contribution in [0.3, 0.4) is 0 Å². The monoisotopic (exact) mass is 514 g/mol. The van der Waals surface area contributed by atoms with Crippen molar-refractivity contribution in [2.24, 2.45) is 0 Å². The van der Waals surface area contributed by atoms with Crippen LogP contribution in [0.25, 0.3) is 0 Å². The van der Waals surface area contributed by atoms with Gasteiger partial charge in [-0.2, -0.15) is 0 Å². The fourth-order valence-corrected chi connectivity index (χ4v) is 3.61. The summed E-state index contributed by atoms with van der Waals surface area (Å²) in [6.07, 6.45) is 1.27. The third-order valence-electron chi connectivity index (χ3n) is 4.47. The molecule has 0 bridgehead atoms. The summed E-state index contributed by atoms with van der Waals surface area (Å²) >= 11 is 15.7. The number of carbonyl (C=O) groups excluding carboxylic acids is 2. The zero-order valence-corrected chi connectivity index (χ0v) is 20.1. The minimum absolute atomic E-state index is 0.177. The lowest BCUT2D eigenvalue weighted by atomic mass is 10.1. The number of nitrogens with zero attached hydrogens (tertiary/aromatic N) is 1. The number of nitrogens with one attached hydrogen (secondary N) is 1. The average molecular weight is 516 g/mol. The van der Waals surface area contributed by atoms with Crippen LogP contribution in [0.5, 0.6) is 5.75 Å². The molecule has 0 saturated heterocycles. The van der Waals surface area contributed by atoms with Gasteiger partial charge in [0.05, 0.1) is 0 Å². The maximum Gasteiger partial charge on any atom is 0.261 e. The summed E-state index contributed by atoms with van der Waals surface area (Å²) in [6.45, 7) is 4.38. The summed E-state index contributed by atoms with van der Waals surface area (Å²) < 4.78 is 6.56. The fourth-order valence-electron chi connectivity index (χ4n) is 2.88. The predicted octanol–water partition coefficient (Wildman–Crippen LogP) is 5.47. The molecule has 1 unspecified atom stereocenters. The first-order valence-electron chi connectivity index (χ1n) is 9.75. The van der Waals surface area contributed by atoms with Crippen LogP contribution in [-0.2, 0) is 16.1 Å². The molecule has 1 atom stereocenters. The van der Waals surface area contributed by atoms with Gasteiger partial charge < -0.3 is 15.0 Å². The van der Waals surface area contributed by atoms with E-state index in [1.54, 1.807) is 30.3 Å². The summed E-state index contributed by atoms with van der Waals surface area (Å²) in [5, 5.41) is 3.83. The van der Waals surface area contributed by atoms with Gasteiger partial charge in [-0.15, -0.1) is 0 Å². The van der Waals surface area contributed by atoms with Gasteiger partial charge in [0.25, 0.3) is 5.91 Å². The number of hydrogen-bond donors (Lipinski definition) is 1. The summed E-state index contributed by atoms with van der Waals surface area (Å²) in [5.41, 5.74) is 0.708. The average Bonchev–Trinajstić information content (AvgIpc) is 2.73. The molecule has 162 valence electrons. The van der Waals surface area contributed by atoms with Gasteiger partial charge in [0.15, 0.2) is 6.61 Å². The van der Waals surface area contributed by atoms with E-state index in [1.807, 2.05) is 26.0 Å². The first-order chi connectivity index (χ1) is 14.3. The molecule has 0 spiro atoms. The van der Waals surface area contributed by atoms with Crippen LogP contribution in [0.4, 0.5) is 0 Å². The van der Waals surface area contributed by atoms with Crippen LogP contribution in [0.15, 0.2) is 46.9 Å². The molecule has 2 aromatic rings. The van der Waals surface area contributed by atoms with Gasteiger partial charge >= 0.3 is 0 Å². The number of halogens is 3. The summed E-state index contributed by atoms with van der Waals surface area (Å²) in [7, 11) is 0. The van der Waals surface area contributed by atoms with E-state index in [9.17, 15) is 9.59 Å². The van der Waals surface area contributed by atoms with Crippen molar-refractivity contribution in [1.82, 2.24) is 10.2 Å². The normalized spacial score (nSPS) is 11.6. The highest BCUT2D eigenvalue weighted by Gasteiger charge is 2.29. The molecule has 0 heterocycles. The summed E-state index contributed by atoms with van der Waals surface area (Å²) in [5.74, 6) is 0.0726. The molecule has 2 rings (SSSR count). The van der Waals surface area contributed by atoms with Gasteiger partial charge in [-0.1, -0.05) is 59.0 Å². The minimum atomic E-state index is -0.635. The Balaban J connectivity index is 2.22. The Hall–Kier alpha value is -1.76. The van der Waals surface area contributed by atoms with E-state index < -0.39 is 6.04 Å². The van der Waals surface area contributed by atoms with Crippen molar-refractivity contribution in [1.29, 1.82) is 0 Å². The highest BCUT2D eigenvalue weighted by Crippen LogP contribution is 2.24. The lowest BCUT2D eigenvalue weighted by Crippen LogP contribution is -2.50. The minimum Gasteiger partial charge on any atom is -0.484 e. The van der Waals surface area contributed by atoms with E-state index in [0.717, 1.165) is 10.9 Å². The number of ether oxygens (including phenoxy) is 1. The van der Waals surface area contributed by atoms with E-state index in [2.05, 4.69) is 21.2 Å². The van der Waals surface area contributed by atoms with Crippen molar-refractivity contribution in [3.63, 3.8) is 0 Å². The van der Waals surface area contributed by atoms with Gasteiger partial charge in [-0.25, -0.2) is 0 Å². The molecule has 30 heavy (non-hydrogen) atoms. The molecule has 0 radical (unpaired) electrons. The van der Waals surface area contributed by atoms with E-state index in [-0.39, 0.29) is 25.0 Å². The maximum absolute atomic E-state index is 13.1. The van der Waals surface area contributed by atoms with Gasteiger partial charge in [-0.3, -0.25) is 9.59 Å². The molecular weight excluding hydrogens is 491 g/mol. The van der Waals surface area contributed by atoms with Crippen LogP contribution in [0, 0.1) is 0 Å². The molecule has 0 aliphatic heterocycles. The SMILES string of the molecule is CCCNC(=O)C(CC)N(Cc1ccc(Cl)cc1Cl)C(=O)COc1ccc(Br)cc1. The van der Waals surface area contributed by atoms with Crippen LogP contribution >= 0.6 is 39.1 Å². The maximum atomic E-state index is 13.1. The van der Waals surface area contributed by atoms with Crippen LogP contribution in [0.2, 0.25) is 10.0 Å². The van der Waals surface area contributed by atoms with E-state index in [4.69, 9.17) is 27.9 Å². The largest absolute Gasteiger partial charge is 0.484 e. The standard InChI is InChI=1S/C22H25BrCl2N2O3/c1-3-11-26-22(29)20(4-2)27(13-15-5-8-17(24)12-19(15)25)21(28)14-30-18-9-6-16(23)7-10-18/h5-10,12,20H,3-4,11,13-14H2,1-2H3,(H,26,29). The van der Waals surface area contributed by atoms with E-state index in [1.165, 1.54) is 4.90 Å². The molecular formula is C22H25BrCl2N2O3. The number of hydrogen-bond acceptors (Lipinski definition) is 3. The Morgan fingerprint density at radius 2 is 1.83 bits per heavy atom. The molecule has 1 N–H and O–H groups in total. The molecule has 0 aliphatic rings. The fraction of sp³-hybridized carbons (Fsp3) is 0.364. The van der Waals surface area contributed by atoms with Crippen molar-refractivity contribution < 1.29 is 14.3 Å². The summed E-state index contributed by atoms with van der Waals surface area (Å²) in [4.78, 5) is 27.3. The van der Waals surface area contributed by atoms with Crippen molar-refractivity contribution in [3.05, 3.63) is 62.5 Å². The summed E-state index contributed by atoms with van der Waals surface area (Å²) in [6, 6.07) is 11.7. The Morgan fingerprint density at radius 3 is 2.43 bits per heavy atom. The van der Waals surface area contributed by atoms with Gasteiger partial charge in [0.1, 0.15) is 11.8 Å². The Morgan fingerprint density at radius 1 is 1.13 bits per heavy atom. The predicted molar refractivity (Wildman–Crippen MR) is 124 cm³/mol. The molecule has 0 saturated carbocycles. The first kappa shape index (κ1) is 24.5. The van der Waals surface area contributed by atoms with Gasteiger partial charge in [0.2, 0.25) is 5.91 Å². The lowest BCUT2D eigenvalue weighted by molar-refractivity contribution is -0.143. The number of benzene rings is 2. The lowest BCUT2D eigenvalue weighted by Gasteiger charge is -2.30. The topological polar surface area (TPSA) is 58.6 Å². The molecule has 2 amide bonds. The molecule has 0 fully saturated rings. The van der Waals surface area contributed by atoms with Gasteiger partial charge in [0, 0.05) is 27.6 Å².